The van der Waals surface area contributed by atoms with Crippen molar-refractivity contribution in [1.29, 1.82) is 0 Å². The molecule has 0 saturated carbocycles. The molecule has 2 rings (SSSR count). The average molecular weight is 313 g/mol. The summed E-state index contributed by atoms with van der Waals surface area (Å²) in [6.07, 6.45) is -0.759. The highest BCUT2D eigenvalue weighted by molar-refractivity contribution is 5.94. The minimum absolute atomic E-state index is 0.102. The summed E-state index contributed by atoms with van der Waals surface area (Å²) < 4.78 is 5.16. The lowest BCUT2D eigenvalue weighted by Crippen LogP contribution is -2.31. The van der Waals surface area contributed by atoms with E-state index in [1.54, 1.807) is 20.2 Å². The van der Waals surface area contributed by atoms with Crippen LogP contribution in [-0.4, -0.2) is 36.6 Å². The second-order valence-electron chi connectivity index (χ2n) is 5.78. The van der Waals surface area contributed by atoms with Crippen molar-refractivity contribution in [2.24, 2.45) is 0 Å². The second-order valence-corrected chi connectivity index (χ2v) is 5.78. The molecule has 0 radical (unpaired) electrons. The molecule has 1 N–H and O–H groups in total. The number of aryl methyl sites for hydroxylation is 2. The Morgan fingerprint density at radius 3 is 2.57 bits per heavy atom. The predicted molar refractivity (Wildman–Crippen MR) is 90.8 cm³/mol. The van der Waals surface area contributed by atoms with Crippen molar-refractivity contribution in [1.82, 2.24) is 4.90 Å². The molecule has 2 aromatic rings. The summed E-state index contributed by atoms with van der Waals surface area (Å²) in [5.41, 5.74) is 3.59. The average Bonchev–Trinajstić information content (AvgIpc) is 2.56. The Balaban J connectivity index is 2.09. The lowest BCUT2D eigenvalue weighted by atomic mass is 10.0. The summed E-state index contributed by atoms with van der Waals surface area (Å²) >= 11 is 0. The summed E-state index contributed by atoms with van der Waals surface area (Å²) in [7, 11) is 3.28. The standard InChI is InChI=1S/C19H23NO3/c1-13-8-9-16(10-14(13)2)19(22)20(3)12-18(21)15-6-5-7-17(11-15)23-4/h5-11,18,21H,12H2,1-4H3. The number of rotatable bonds is 5. The minimum atomic E-state index is -0.759. The molecule has 122 valence electrons. The largest absolute Gasteiger partial charge is 0.497 e. The van der Waals surface area contributed by atoms with Crippen molar-refractivity contribution < 1.29 is 14.6 Å². The van der Waals surface area contributed by atoms with Gasteiger partial charge < -0.3 is 14.7 Å². The van der Waals surface area contributed by atoms with Gasteiger partial charge in [0.25, 0.3) is 5.91 Å². The van der Waals surface area contributed by atoms with Crippen LogP contribution >= 0.6 is 0 Å². The lowest BCUT2D eigenvalue weighted by molar-refractivity contribution is 0.0680. The van der Waals surface area contributed by atoms with E-state index in [0.29, 0.717) is 11.3 Å². The Labute approximate surface area is 137 Å². The number of ether oxygens (including phenoxy) is 1. The summed E-state index contributed by atoms with van der Waals surface area (Å²) in [4.78, 5) is 14.0. The summed E-state index contributed by atoms with van der Waals surface area (Å²) in [5.74, 6) is 0.583. The third-order valence-electron chi connectivity index (χ3n) is 4.03. The first-order chi connectivity index (χ1) is 10.9. The Morgan fingerprint density at radius 2 is 1.91 bits per heavy atom. The van der Waals surface area contributed by atoms with Crippen LogP contribution in [-0.2, 0) is 0 Å². The fourth-order valence-corrected chi connectivity index (χ4v) is 2.39. The summed E-state index contributed by atoms with van der Waals surface area (Å²) in [6, 6.07) is 12.9. The maximum atomic E-state index is 12.5. The van der Waals surface area contributed by atoms with Crippen molar-refractivity contribution in [3.63, 3.8) is 0 Å². The van der Waals surface area contributed by atoms with Crippen molar-refractivity contribution in [3.8, 4) is 5.75 Å². The van der Waals surface area contributed by atoms with Crippen LogP contribution in [0.15, 0.2) is 42.5 Å². The van der Waals surface area contributed by atoms with Gasteiger partial charge >= 0.3 is 0 Å². The van der Waals surface area contributed by atoms with E-state index in [-0.39, 0.29) is 12.5 Å². The van der Waals surface area contributed by atoms with Crippen molar-refractivity contribution in [2.45, 2.75) is 20.0 Å². The molecular formula is C19H23NO3. The Kier molecular flexibility index (Phi) is 5.40. The number of benzene rings is 2. The van der Waals surface area contributed by atoms with Crippen LogP contribution in [0.5, 0.6) is 5.75 Å². The molecule has 0 aliphatic rings. The maximum absolute atomic E-state index is 12.5. The molecule has 0 heterocycles. The maximum Gasteiger partial charge on any atom is 0.253 e. The molecule has 23 heavy (non-hydrogen) atoms. The van der Waals surface area contributed by atoms with Crippen LogP contribution < -0.4 is 4.74 Å². The Morgan fingerprint density at radius 1 is 1.17 bits per heavy atom. The van der Waals surface area contributed by atoms with Gasteiger partial charge in [0, 0.05) is 12.6 Å². The number of carbonyl (C=O) groups is 1. The first kappa shape index (κ1) is 17.0. The van der Waals surface area contributed by atoms with Crippen LogP contribution in [0.1, 0.15) is 33.2 Å². The smallest absolute Gasteiger partial charge is 0.253 e. The van der Waals surface area contributed by atoms with Crippen LogP contribution in [0.25, 0.3) is 0 Å². The van der Waals surface area contributed by atoms with Gasteiger partial charge in [0.15, 0.2) is 0 Å². The van der Waals surface area contributed by atoms with E-state index in [0.717, 1.165) is 16.7 Å². The highest BCUT2D eigenvalue weighted by atomic mass is 16.5. The van der Waals surface area contributed by atoms with E-state index in [1.165, 1.54) is 4.90 Å². The lowest BCUT2D eigenvalue weighted by Gasteiger charge is -2.22. The van der Waals surface area contributed by atoms with Gasteiger partial charge in [-0.25, -0.2) is 0 Å². The predicted octanol–water partition coefficient (Wildman–Crippen LogP) is 3.12. The molecule has 0 aliphatic heterocycles. The Hall–Kier alpha value is -2.33. The summed E-state index contributed by atoms with van der Waals surface area (Å²) in [6.45, 7) is 4.22. The first-order valence-electron chi connectivity index (χ1n) is 7.57. The van der Waals surface area contributed by atoms with E-state index < -0.39 is 6.10 Å². The number of aliphatic hydroxyl groups is 1. The molecule has 0 bridgehead atoms. The molecule has 4 nitrogen and oxygen atoms in total. The molecule has 0 fully saturated rings. The molecule has 1 amide bonds. The van der Waals surface area contributed by atoms with Gasteiger partial charge in [-0.3, -0.25) is 4.79 Å². The minimum Gasteiger partial charge on any atom is -0.497 e. The quantitative estimate of drug-likeness (QED) is 0.922. The number of hydrogen-bond donors (Lipinski definition) is 1. The molecule has 1 unspecified atom stereocenters. The van der Waals surface area contributed by atoms with Crippen LogP contribution in [0.3, 0.4) is 0 Å². The van der Waals surface area contributed by atoms with E-state index >= 15 is 0 Å². The molecule has 0 spiro atoms. The zero-order chi connectivity index (χ0) is 17.0. The molecule has 0 aromatic heterocycles. The SMILES string of the molecule is COc1cccc(C(O)CN(C)C(=O)c2ccc(C)c(C)c2)c1. The molecular weight excluding hydrogens is 290 g/mol. The highest BCUT2D eigenvalue weighted by Gasteiger charge is 2.17. The van der Waals surface area contributed by atoms with Gasteiger partial charge in [-0.1, -0.05) is 18.2 Å². The number of methoxy groups -OCH3 is 1. The first-order valence-corrected chi connectivity index (χ1v) is 7.57. The zero-order valence-corrected chi connectivity index (χ0v) is 14.0. The van der Waals surface area contributed by atoms with Crippen LogP contribution in [0.4, 0.5) is 0 Å². The molecule has 1 atom stereocenters. The molecule has 2 aromatic carbocycles. The molecule has 4 heteroatoms. The van der Waals surface area contributed by atoms with Gasteiger partial charge in [-0.15, -0.1) is 0 Å². The summed E-state index contributed by atoms with van der Waals surface area (Å²) in [5, 5.41) is 10.4. The normalized spacial score (nSPS) is 11.9. The number of aliphatic hydroxyl groups excluding tert-OH is 1. The van der Waals surface area contributed by atoms with Gasteiger partial charge in [-0.2, -0.15) is 0 Å². The van der Waals surface area contributed by atoms with E-state index in [4.69, 9.17) is 4.74 Å². The van der Waals surface area contributed by atoms with E-state index in [2.05, 4.69) is 0 Å². The third-order valence-corrected chi connectivity index (χ3v) is 4.03. The number of carbonyl (C=O) groups excluding carboxylic acids is 1. The number of nitrogens with zero attached hydrogens (tertiary/aromatic N) is 1. The van der Waals surface area contributed by atoms with Crippen molar-refractivity contribution in [2.75, 3.05) is 20.7 Å². The van der Waals surface area contributed by atoms with E-state index in [1.807, 2.05) is 50.2 Å². The monoisotopic (exact) mass is 313 g/mol. The van der Waals surface area contributed by atoms with Crippen molar-refractivity contribution >= 4 is 5.91 Å². The van der Waals surface area contributed by atoms with Crippen LogP contribution in [0.2, 0.25) is 0 Å². The number of likely N-dealkylation sites (N-methyl/N-ethyl adjacent to an activating group) is 1. The Bertz CT molecular complexity index is 697. The number of hydrogen-bond acceptors (Lipinski definition) is 3. The molecule has 0 aliphatic carbocycles. The van der Waals surface area contributed by atoms with Gasteiger partial charge in [0.05, 0.1) is 19.8 Å². The fourth-order valence-electron chi connectivity index (χ4n) is 2.39. The molecule has 0 saturated heterocycles. The van der Waals surface area contributed by atoms with Gasteiger partial charge in [0.2, 0.25) is 0 Å². The van der Waals surface area contributed by atoms with Gasteiger partial charge in [-0.05, 0) is 54.8 Å². The second kappa shape index (κ2) is 7.29. The number of amides is 1. The van der Waals surface area contributed by atoms with E-state index in [9.17, 15) is 9.90 Å². The highest BCUT2D eigenvalue weighted by Crippen LogP contribution is 2.20. The van der Waals surface area contributed by atoms with Crippen molar-refractivity contribution in [3.05, 3.63) is 64.7 Å². The third kappa shape index (κ3) is 4.11. The fraction of sp³-hybridized carbons (Fsp3) is 0.316. The van der Waals surface area contributed by atoms with Gasteiger partial charge in [0.1, 0.15) is 5.75 Å². The zero-order valence-electron chi connectivity index (χ0n) is 14.0. The van der Waals surface area contributed by atoms with Crippen LogP contribution in [0, 0.1) is 13.8 Å². The topological polar surface area (TPSA) is 49.8 Å².